The second kappa shape index (κ2) is 5.36. The zero-order valence-corrected chi connectivity index (χ0v) is 13.6. The maximum atomic E-state index is 9.58. The van der Waals surface area contributed by atoms with E-state index in [2.05, 4.69) is 11.1 Å². The van der Waals surface area contributed by atoms with Crippen molar-refractivity contribution >= 4 is 28.4 Å². The highest BCUT2D eigenvalue weighted by atomic mass is 35.5. The van der Waals surface area contributed by atoms with Gasteiger partial charge in [0.25, 0.3) is 0 Å². The third-order valence-electron chi connectivity index (χ3n) is 4.44. The molecular formula is C18H13ClN4O. The summed E-state index contributed by atoms with van der Waals surface area (Å²) < 4.78 is 7.73. The number of nitrogens with one attached hydrogen (secondary N) is 1. The Morgan fingerprint density at radius 1 is 1.33 bits per heavy atom. The first-order chi connectivity index (χ1) is 11.6. The van der Waals surface area contributed by atoms with Crippen LogP contribution in [0.25, 0.3) is 10.9 Å². The number of aromatic nitrogens is 2. The highest BCUT2D eigenvalue weighted by Gasteiger charge is 2.38. The van der Waals surface area contributed by atoms with E-state index in [0.29, 0.717) is 10.8 Å². The van der Waals surface area contributed by atoms with E-state index < -0.39 is 5.92 Å². The lowest BCUT2D eigenvalue weighted by Crippen LogP contribution is -2.31. The van der Waals surface area contributed by atoms with Gasteiger partial charge in [-0.1, -0.05) is 17.7 Å². The summed E-state index contributed by atoms with van der Waals surface area (Å²) in [4.78, 5) is 4.14. The maximum absolute atomic E-state index is 9.58. The Kier molecular flexibility index (Phi) is 3.29. The standard InChI is InChI=1S/C18H13ClN4O/c1-23-5-4-12-15(23)3-2-13-16(10-6-11(19)9-22-8-10)14(7-20)18(21)24-17(12)13/h2-6,8-9,14,16,21H,1H3. The van der Waals surface area contributed by atoms with Gasteiger partial charge in [0.15, 0.2) is 0 Å². The molecule has 3 aromatic rings. The third-order valence-corrected chi connectivity index (χ3v) is 4.64. The molecule has 2 unspecified atom stereocenters. The lowest BCUT2D eigenvalue weighted by Gasteiger charge is -2.30. The highest BCUT2D eigenvalue weighted by molar-refractivity contribution is 6.30. The molecule has 0 bridgehead atoms. The predicted molar refractivity (Wildman–Crippen MR) is 91.5 cm³/mol. The fourth-order valence-corrected chi connectivity index (χ4v) is 3.49. The Bertz CT molecular complexity index is 1020. The number of rotatable bonds is 1. The van der Waals surface area contributed by atoms with Gasteiger partial charge in [-0.2, -0.15) is 5.26 Å². The number of hydrogen-bond acceptors (Lipinski definition) is 4. The Labute approximate surface area is 143 Å². The van der Waals surface area contributed by atoms with E-state index in [1.54, 1.807) is 18.5 Å². The van der Waals surface area contributed by atoms with Crippen LogP contribution < -0.4 is 4.74 Å². The molecule has 0 spiro atoms. The van der Waals surface area contributed by atoms with Gasteiger partial charge in [-0.05, 0) is 23.8 Å². The SMILES string of the molecule is Cn1ccc2c3c(ccc21)C(c1cncc(Cl)c1)C(C#N)C(=N)O3. The van der Waals surface area contributed by atoms with Crippen molar-refractivity contribution in [2.75, 3.05) is 0 Å². The average molecular weight is 337 g/mol. The smallest absolute Gasteiger partial charge is 0.205 e. The quantitative estimate of drug-likeness (QED) is 0.733. The van der Waals surface area contributed by atoms with Gasteiger partial charge in [0.05, 0.1) is 16.6 Å². The van der Waals surface area contributed by atoms with E-state index in [1.807, 2.05) is 36.0 Å². The van der Waals surface area contributed by atoms with E-state index in [0.717, 1.165) is 22.0 Å². The van der Waals surface area contributed by atoms with Gasteiger partial charge in [-0.15, -0.1) is 0 Å². The molecule has 3 heterocycles. The lowest BCUT2D eigenvalue weighted by molar-refractivity contribution is 0.455. The van der Waals surface area contributed by atoms with Crippen molar-refractivity contribution in [2.45, 2.75) is 5.92 Å². The van der Waals surface area contributed by atoms with Crippen molar-refractivity contribution in [1.82, 2.24) is 9.55 Å². The van der Waals surface area contributed by atoms with Crippen LogP contribution in [0.3, 0.4) is 0 Å². The molecule has 2 aromatic heterocycles. The van der Waals surface area contributed by atoms with Crippen molar-refractivity contribution in [2.24, 2.45) is 13.0 Å². The Morgan fingerprint density at radius 3 is 2.92 bits per heavy atom. The van der Waals surface area contributed by atoms with E-state index in [9.17, 15) is 5.26 Å². The number of nitrogens with zero attached hydrogens (tertiary/aromatic N) is 3. The van der Waals surface area contributed by atoms with Crippen LogP contribution in [-0.4, -0.2) is 15.4 Å². The van der Waals surface area contributed by atoms with Crippen LogP contribution in [-0.2, 0) is 7.05 Å². The molecule has 24 heavy (non-hydrogen) atoms. The van der Waals surface area contributed by atoms with Crippen LogP contribution in [0.4, 0.5) is 0 Å². The summed E-state index contributed by atoms with van der Waals surface area (Å²) in [6.45, 7) is 0. The van der Waals surface area contributed by atoms with Gasteiger partial charge >= 0.3 is 0 Å². The number of ether oxygens (including phenoxy) is 1. The monoisotopic (exact) mass is 336 g/mol. The summed E-state index contributed by atoms with van der Waals surface area (Å²) in [7, 11) is 1.96. The number of hydrogen-bond donors (Lipinski definition) is 1. The minimum absolute atomic E-state index is 0.0497. The Morgan fingerprint density at radius 2 is 2.17 bits per heavy atom. The highest BCUT2D eigenvalue weighted by Crippen LogP contribution is 2.45. The zero-order valence-electron chi connectivity index (χ0n) is 12.8. The van der Waals surface area contributed by atoms with Gasteiger partial charge in [-0.3, -0.25) is 10.4 Å². The summed E-state index contributed by atoms with van der Waals surface area (Å²) in [6, 6.07) is 9.91. The molecule has 1 aliphatic rings. The van der Waals surface area contributed by atoms with Gasteiger partial charge < -0.3 is 9.30 Å². The van der Waals surface area contributed by atoms with Gasteiger partial charge in [0.1, 0.15) is 11.7 Å². The van der Waals surface area contributed by atoms with Crippen LogP contribution in [0.5, 0.6) is 5.75 Å². The fraction of sp³-hybridized carbons (Fsp3) is 0.167. The summed E-state index contributed by atoms with van der Waals surface area (Å²) in [6.07, 6.45) is 5.20. The fourth-order valence-electron chi connectivity index (χ4n) is 3.31. The molecule has 4 rings (SSSR count). The van der Waals surface area contributed by atoms with E-state index in [-0.39, 0.29) is 11.8 Å². The van der Waals surface area contributed by atoms with Crippen LogP contribution in [0.15, 0.2) is 42.9 Å². The molecule has 0 fully saturated rings. The molecule has 0 radical (unpaired) electrons. The first kappa shape index (κ1) is 14.7. The summed E-state index contributed by atoms with van der Waals surface area (Å²) >= 11 is 6.08. The van der Waals surface area contributed by atoms with Gasteiger partial charge in [-0.25, -0.2) is 0 Å². The number of nitriles is 1. The summed E-state index contributed by atoms with van der Waals surface area (Å²) in [5, 5.41) is 19.2. The van der Waals surface area contributed by atoms with E-state index >= 15 is 0 Å². The molecule has 1 aliphatic heterocycles. The molecule has 1 aromatic carbocycles. The molecule has 6 heteroatoms. The average Bonchev–Trinajstić information content (AvgIpc) is 2.95. The van der Waals surface area contributed by atoms with E-state index in [4.69, 9.17) is 21.7 Å². The van der Waals surface area contributed by atoms with Crippen molar-refractivity contribution in [3.8, 4) is 11.8 Å². The molecule has 0 saturated carbocycles. The Balaban J connectivity index is 2.00. The maximum Gasteiger partial charge on any atom is 0.205 e. The van der Waals surface area contributed by atoms with Crippen LogP contribution in [0.2, 0.25) is 5.02 Å². The first-order valence-corrected chi connectivity index (χ1v) is 7.82. The van der Waals surface area contributed by atoms with Gasteiger partial charge in [0.2, 0.25) is 5.90 Å². The van der Waals surface area contributed by atoms with Crippen molar-refractivity contribution in [1.29, 1.82) is 10.7 Å². The van der Waals surface area contributed by atoms with Crippen molar-refractivity contribution < 1.29 is 4.74 Å². The van der Waals surface area contributed by atoms with Crippen molar-refractivity contribution in [3.63, 3.8) is 0 Å². The third kappa shape index (κ3) is 2.08. The largest absolute Gasteiger partial charge is 0.441 e. The van der Waals surface area contributed by atoms with Crippen LogP contribution in [0.1, 0.15) is 17.0 Å². The normalized spacial score (nSPS) is 19.6. The molecule has 0 aliphatic carbocycles. The second-order valence-electron chi connectivity index (χ2n) is 5.83. The molecular weight excluding hydrogens is 324 g/mol. The number of fused-ring (bicyclic) bond motifs is 3. The lowest BCUT2D eigenvalue weighted by atomic mass is 9.79. The zero-order chi connectivity index (χ0) is 16.8. The number of benzene rings is 1. The number of halogens is 1. The minimum atomic E-state index is -0.709. The summed E-state index contributed by atoms with van der Waals surface area (Å²) in [5.41, 5.74) is 2.69. The molecule has 0 amide bonds. The first-order valence-electron chi connectivity index (χ1n) is 7.44. The number of aryl methyl sites for hydroxylation is 1. The summed E-state index contributed by atoms with van der Waals surface area (Å²) in [5.74, 6) is -0.457. The molecule has 2 atom stereocenters. The van der Waals surface area contributed by atoms with E-state index in [1.165, 1.54) is 0 Å². The van der Waals surface area contributed by atoms with Gasteiger partial charge in [0, 0.05) is 42.5 Å². The Hall–Kier alpha value is -2.84. The molecule has 1 N–H and O–H groups in total. The minimum Gasteiger partial charge on any atom is -0.441 e. The molecule has 0 saturated heterocycles. The molecule has 5 nitrogen and oxygen atoms in total. The topological polar surface area (TPSA) is 74.7 Å². The predicted octanol–water partition coefficient (Wildman–Crippen LogP) is 3.87. The van der Waals surface area contributed by atoms with Crippen molar-refractivity contribution in [3.05, 3.63) is 59.0 Å². The van der Waals surface area contributed by atoms with Crippen LogP contribution in [0, 0.1) is 22.7 Å². The number of pyridine rings is 1. The second-order valence-corrected chi connectivity index (χ2v) is 6.27. The van der Waals surface area contributed by atoms with Crippen LogP contribution >= 0.6 is 11.6 Å². The molecule has 118 valence electrons.